The Balaban J connectivity index is 2.52. The van der Waals surface area contributed by atoms with E-state index in [-0.39, 0.29) is 0 Å². The van der Waals surface area contributed by atoms with E-state index in [2.05, 4.69) is 31.2 Å². The maximum Gasteiger partial charge on any atom is 0.162 e. The highest BCUT2D eigenvalue weighted by Gasteiger charge is 2.09. The van der Waals surface area contributed by atoms with Crippen molar-refractivity contribution < 1.29 is 0 Å². The molecule has 94 valence electrons. The van der Waals surface area contributed by atoms with Gasteiger partial charge in [-0.15, -0.1) is 0 Å². The van der Waals surface area contributed by atoms with Crippen LogP contribution >= 0.6 is 27.5 Å². The van der Waals surface area contributed by atoms with E-state index in [4.69, 9.17) is 11.6 Å². The molecule has 0 spiro atoms. The molecule has 2 rings (SSSR count). The smallest absolute Gasteiger partial charge is 0.162 e. The highest BCUT2D eigenvalue weighted by atomic mass is 79.9. The van der Waals surface area contributed by atoms with Crippen molar-refractivity contribution in [2.75, 3.05) is 11.9 Å². The standard InChI is InChI=1S/C13H13BrClN3/c1-3-16-12-6-8(2)17-13(18-12)10-7-9(15)4-5-11(10)14/h4-7H,3H2,1-2H3,(H,16,17,18). The van der Waals surface area contributed by atoms with Crippen molar-refractivity contribution in [2.24, 2.45) is 0 Å². The molecule has 18 heavy (non-hydrogen) atoms. The molecule has 1 aromatic heterocycles. The fraction of sp³-hybridized carbons (Fsp3) is 0.231. The zero-order chi connectivity index (χ0) is 13.1. The number of nitrogens with one attached hydrogen (secondary N) is 1. The van der Waals surface area contributed by atoms with E-state index in [0.29, 0.717) is 10.8 Å². The first-order valence-electron chi connectivity index (χ1n) is 5.65. The Morgan fingerprint density at radius 3 is 2.78 bits per heavy atom. The maximum atomic E-state index is 6.02. The number of rotatable bonds is 3. The van der Waals surface area contributed by atoms with Gasteiger partial charge in [0.2, 0.25) is 0 Å². The second kappa shape index (κ2) is 5.67. The lowest BCUT2D eigenvalue weighted by Crippen LogP contribution is -2.02. The Morgan fingerprint density at radius 1 is 1.28 bits per heavy atom. The van der Waals surface area contributed by atoms with Crippen LogP contribution < -0.4 is 5.32 Å². The second-order valence-electron chi connectivity index (χ2n) is 3.87. The van der Waals surface area contributed by atoms with Crippen molar-refractivity contribution >= 4 is 33.3 Å². The van der Waals surface area contributed by atoms with Gasteiger partial charge in [0, 0.05) is 33.4 Å². The number of benzene rings is 1. The van der Waals surface area contributed by atoms with Crippen molar-refractivity contribution in [1.82, 2.24) is 9.97 Å². The van der Waals surface area contributed by atoms with Crippen LogP contribution in [0.5, 0.6) is 0 Å². The van der Waals surface area contributed by atoms with Crippen LogP contribution in [-0.2, 0) is 0 Å². The van der Waals surface area contributed by atoms with Gasteiger partial charge in [0.25, 0.3) is 0 Å². The third kappa shape index (κ3) is 3.00. The fourth-order valence-electron chi connectivity index (χ4n) is 1.63. The highest BCUT2D eigenvalue weighted by Crippen LogP contribution is 2.29. The summed E-state index contributed by atoms with van der Waals surface area (Å²) < 4.78 is 0.931. The van der Waals surface area contributed by atoms with E-state index >= 15 is 0 Å². The van der Waals surface area contributed by atoms with E-state index in [1.807, 2.05) is 38.1 Å². The summed E-state index contributed by atoms with van der Waals surface area (Å²) in [5.74, 6) is 1.49. The number of nitrogens with zero attached hydrogens (tertiary/aromatic N) is 2. The van der Waals surface area contributed by atoms with Gasteiger partial charge in [0.1, 0.15) is 5.82 Å². The molecule has 1 N–H and O–H groups in total. The zero-order valence-electron chi connectivity index (χ0n) is 10.2. The summed E-state index contributed by atoms with van der Waals surface area (Å²) in [5, 5.41) is 3.86. The van der Waals surface area contributed by atoms with Crippen LogP contribution in [0.1, 0.15) is 12.6 Å². The monoisotopic (exact) mass is 325 g/mol. The van der Waals surface area contributed by atoms with Gasteiger partial charge in [0.05, 0.1) is 0 Å². The Morgan fingerprint density at radius 2 is 2.06 bits per heavy atom. The Labute approximate surface area is 120 Å². The van der Waals surface area contributed by atoms with Crippen molar-refractivity contribution in [3.63, 3.8) is 0 Å². The van der Waals surface area contributed by atoms with Crippen LogP contribution in [0.4, 0.5) is 5.82 Å². The van der Waals surface area contributed by atoms with Crippen LogP contribution in [-0.4, -0.2) is 16.5 Å². The van der Waals surface area contributed by atoms with Gasteiger partial charge >= 0.3 is 0 Å². The van der Waals surface area contributed by atoms with Gasteiger partial charge in [0.15, 0.2) is 5.82 Å². The molecule has 0 aliphatic heterocycles. The fourth-order valence-corrected chi connectivity index (χ4v) is 2.23. The number of aromatic nitrogens is 2. The van der Waals surface area contributed by atoms with Crippen LogP contribution in [0.25, 0.3) is 11.4 Å². The highest BCUT2D eigenvalue weighted by molar-refractivity contribution is 9.10. The quantitative estimate of drug-likeness (QED) is 0.914. The van der Waals surface area contributed by atoms with Crippen molar-refractivity contribution in [3.8, 4) is 11.4 Å². The van der Waals surface area contributed by atoms with Gasteiger partial charge in [-0.2, -0.15) is 0 Å². The molecule has 2 aromatic rings. The lowest BCUT2D eigenvalue weighted by atomic mass is 10.2. The zero-order valence-corrected chi connectivity index (χ0v) is 12.5. The first kappa shape index (κ1) is 13.3. The molecule has 3 nitrogen and oxygen atoms in total. The Bertz CT molecular complexity index is 572. The molecule has 0 saturated carbocycles. The summed E-state index contributed by atoms with van der Waals surface area (Å²) in [6.07, 6.45) is 0. The minimum atomic E-state index is 0.667. The van der Waals surface area contributed by atoms with Crippen LogP contribution in [0.3, 0.4) is 0 Å². The summed E-state index contributed by atoms with van der Waals surface area (Å²) in [6, 6.07) is 7.51. The van der Waals surface area contributed by atoms with E-state index in [1.54, 1.807) is 0 Å². The molecule has 1 aromatic carbocycles. The number of hydrogen-bond donors (Lipinski definition) is 1. The number of aryl methyl sites for hydroxylation is 1. The van der Waals surface area contributed by atoms with E-state index in [1.165, 1.54) is 0 Å². The minimum Gasteiger partial charge on any atom is -0.370 e. The van der Waals surface area contributed by atoms with Gasteiger partial charge in [-0.1, -0.05) is 27.5 Å². The maximum absolute atomic E-state index is 6.02. The van der Waals surface area contributed by atoms with Crippen LogP contribution in [0.15, 0.2) is 28.7 Å². The van der Waals surface area contributed by atoms with Crippen molar-refractivity contribution in [1.29, 1.82) is 0 Å². The molecule has 5 heteroatoms. The molecule has 0 unspecified atom stereocenters. The molecule has 0 saturated heterocycles. The molecule has 0 bridgehead atoms. The largest absolute Gasteiger partial charge is 0.370 e. The molecule has 0 atom stereocenters. The average molecular weight is 327 g/mol. The predicted molar refractivity (Wildman–Crippen MR) is 79.1 cm³/mol. The normalized spacial score (nSPS) is 10.4. The van der Waals surface area contributed by atoms with Crippen molar-refractivity contribution in [3.05, 3.63) is 39.5 Å². The minimum absolute atomic E-state index is 0.667. The number of halogens is 2. The second-order valence-corrected chi connectivity index (χ2v) is 5.16. The van der Waals surface area contributed by atoms with E-state index in [0.717, 1.165) is 28.1 Å². The van der Waals surface area contributed by atoms with Gasteiger partial charge in [-0.05, 0) is 32.0 Å². The SMILES string of the molecule is CCNc1cc(C)nc(-c2cc(Cl)ccc2Br)n1. The lowest BCUT2D eigenvalue weighted by Gasteiger charge is -2.08. The third-order valence-electron chi connectivity index (χ3n) is 2.38. The van der Waals surface area contributed by atoms with Crippen LogP contribution in [0, 0.1) is 6.92 Å². The topological polar surface area (TPSA) is 37.8 Å². The van der Waals surface area contributed by atoms with E-state index < -0.39 is 0 Å². The lowest BCUT2D eigenvalue weighted by molar-refractivity contribution is 1.08. The predicted octanol–water partition coefficient (Wildman–Crippen LogP) is 4.30. The molecule has 0 fully saturated rings. The number of anilines is 1. The first-order valence-corrected chi connectivity index (χ1v) is 6.82. The molecule has 1 heterocycles. The summed E-state index contributed by atoms with van der Waals surface area (Å²) >= 11 is 9.51. The molecular weight excluding hydrogens is 314 g/mol. The summed E-state index contributed by atoms with van der Waals surface area (Å²) in [4.78, 5) is 8.93. The summed E-state index contributed by atoms with van der Waals surface area (Å²) in [7, 11) is 0. The first-order chi connectivity index (χ1) is 8.60. The van der Waals surface area contributed by atoms with Gasteiger partial charge in [-0.3, -0.25) is 0 Å². The molecule has 0 aliphatic rings. The average Bonchev–Trinajstić information content (AvgIpc) is 2.32. The van der Waals surface area contributed by atoms with Crippen LogP contribution in [0.2, 0.25) is 5.02 Å². The molecular formula is C13H13BrClN3. The van der Waals surface area contributed by atoms with Gasteiger partial charge < -0.3 is 5.32 Å². The summed E-state index contributed by atoms with van der Waals surface area (Å²) in [6.45, 7) is 4.81. The van der Waals surface area contributed by atoms with E-state index in [9.17, 15) is 0 Å². The van der Waals surface area contributed by atoms with Crippen molar-refractivity contribution in [2.45, 2.75) is 13.8 Å². The van der Waals surface area contributed by atoms with Gasteiger partial charge in [-0.25, -0.2) is 9.97 Å². The number of hydrogen-bond acceptors (Lipinski definition) is 3. The molecule has 0 amide bonds. The molecule has 0 radical (unpaired) electrons. The molecule has 0 aliphatic carbocycles. The Kier molecular flexibility index (Phi) is 4.19. The third-order valence-corrected chi connectivity index (χ3v) is 3.31. The summed E-state index contributed by atoms with van der Waals surface area (Å²) in [5.41, 5.74) is 1.81. The Hall–Kier alpha value is -1.13.